The number of Topliss-reactive ketones (excluding diaryl/α,β-unsaturated/α-hetero) is 1. The normalized spacial score (nSPS) is 17.0. The summed E-state index contributed by atoms with van der Waals surface area (Å²) < 4.78 is 5.92. The molecule has 5 rings (SSSR count). The smallest absolute Gasteiger partial charge is 0.299 e. The van der Waals surface area contributed by atoms with Crippen molar-refractivity contribution in [1.82, 2.24) is 5.01 Å². The minimum Gasteiger partial charge on any atom is -0.497 e. The minimum atomic E-state index is -0.729. The van der Waals surface area contributed by atoms with Crippen LogP contribution in [-0.2, 0) is 9.59 Å². The fraction of sp³-hybridized carbons (Fsp3) is 0.154. The number of methoxy groups -OCH3 is 1. The second-order valence-corrected chi connectivity index (χ2v) is 9.52. The SMILES string of the molecule is COc1ccc(C2=NN(C(=O)CN3C(=O)C(=O)c4cc(Br)ccc43)C(c3ccc(Cl)cc3)C2)cc1. The molecular weight excluding hydrogens is 534 g/mol. The lowest BCUT2D eigenvalue weighted by molar-refractivity contribution is -0.132. The molecule has 3 aromatic rings. The van der Waals surface area contributed by atoms with Crippen LogP contribution in [0.5, 0.6) is 5.75 Å². The molecule has 0 spiro atoms. The standard InChI is InChI=1S/C26H19BrClN3O4/c1-35-19-9-4-15(5-10-19)21-13-23(16-2-7-18(28)8-3-16)31(29-21)24(32)14-30-22-11-6-17(27)12-20(22)25(33)26(30)34/h2-12,23H,13-14H2,1H3. The molecular formula is C26H19BrClN3O4. The van der Waals surface area contributed by atoms with Gasteiger partial charge in [0.2, 0.25) is 0 Å². The van der Waals surface area contributed by atoms with Crippen LogP contribution in [0.3, 0.4) is 0 Å². The van der Waals surface area contributed by atoms with Gasteiger partial charge in [0.1, 0.15) is 12.3 Å². The Hall–Kier alpha value is -3.49. The molecule has 0 aromatic heterocycles. The highest BCUT2D eigenvalue weighted by Gasteiger charge is 2.40. The molecule has 0 radical (unpaired) electrons. The largest absolute Gasteiger partial charge is 0.497 e. The van der Waals surface area contributed by atoms with Gasteiger partial charge in [0, 0.05) is 15.9 Å². The Morgan fingerprint density at radius 2 is 1.80 bits per heavy atom. The van der Waals surface area contributed by atoms with Crippen molar-refractivity contribution in [1.29, 1.82) is 0 Å². The highest BCUT2D eigenvalue weighted by Crippen LogP contribution is 2.35. The quantitative estimate of drug-likeness (QED) is 0.417. The van der Waals surface area contributed by atoms with Gasteiger partial charge in [-0.2, -0.15) is 5.10 Å². The molecule has 0 N–H and O–H groups in total. The van der Waals surface area contributed by atoms with E-state index in [9.17, 15) is 14.4 Å². The summed E-state index contributed by atoms with van der Waals surface area (Å²) in [5.41, 5.74) is 3.15. The molecule has 1 unspecified atom stereocenters. The van der Waals surface area contributed by atoms with E-state index >= 15 is 0 Å². The summed E-state index contributed by atoms with van der Waals surface area (Å²) in [5.74, 6) is -1.04. The molecule has 2 aliphatic rings. The van der Waals surface area contributed by atoms with E-state index < -0.39 is 17.6 Å². The first-order chi connectivity index (χ1) is 16.9. The molecule has 0 saturated heterocycles. The van der Waals surface area contributed by atoms with E-state index in [1.54, 1.807) is 37.4 Å². The summed E-state index contributed by atoms with van der Waals surface area (Å²) in [7, 11) is 1.60. The predicted octanol–water partition coefficient (Wildman–Crippen LogP) is 5.02. The Labute approximate surface area is 215 Å². The highest BCUT2D eigenvalue weighted by atomic mass is 79.9. The van der Waals surface area contributed by atoms with Crippen LogP contribution < -0.4 is 9.64 Å². The number of hydrazone groups is 1. The second-order valence-electron chi connectivity index (χ2n) is 8.17. The van der Waals surface area contributed by atoms with E-state index in [1.165, 1.54) is 9.91 Å². The molecule has 0 saturated carbocycles. The summed E-state index contributed by atoms with van der Waals surface area (Å²) >= 11 is 9.39. The van der Waals surface area contributed by atoms with E-state index in [0.717, 1.165) is 22.6 Å². The summed E-state index contributed by atoms with van der Waals surface area (Å²) in [6.45, 7) is -0.303. The molecule has 9 heteroatoms. The van der Waals surface area contributed by atoms with E-state index in [1.807, 2.05) is 36.4 Å². The Morgan fingerprint density at radius 3 is 2.49 bits per heavy atom. The first-order valence-corrected chi connectivity index (χ1v) is 12.0. The van der Waals surface area contributed by atoms with Crippen molar-refractivity contribution >= 4 is 56.5 Å². The average Bonchev–Trinajstić information content (AvgIpc) is 3.41. The highest BCUT2D eigenvalue weighted by molar-refractivity contribution is 9.10. The molecule has 0 aliphatic carbocycles. The lowest BCUT2D eigenvalue weighted by Crippen LogP contribution is -2.40. The molecule has 2 aliphatic heterocycles. The number of nitrogens with zero attached hydrogens (tertiary/aromatic N) is 3. The van der Waals surface area contributed by atoms with Gasteiger partial charge in [0.05, 0.1) is 30.1 Å². The third-order valence-corrected chi connectivity index (χ3v) is 6.82. The van der Waals surface area contributed by atoms with Crippen LogP contribution in [0.2, 0.25) is 5.02 Å². The van der Waals surface area contributed by atoms with Crippen molar-refractivity contribution in [2.45, 2.75) is 12.5 Å². The second kappa shape index (κ2) is 9.28. The lowest BCUT2D eigenvalue weighted by atomic mass is 9.98. The van der Waals surface area contributed by atoms with Gasteiger partial charge in [-0.15, -0.1) is 0 Å². The van der Waals surface area contributed by atoms with E-state index in [0.29, 0.717) is 21.6 Å². The number of ketones is 1. The molecule has 176 valence electrons. The van der Waals surface area contributed by atoms with E-state index in [2.05, 4.69) is 21.0 Å². The van der Waals surface area contributed by atoms with Crippen LogP contribution >= 0.6 is 27.5 Å². The van der Waals surface area contributed by atoms with Crippen LogP contribution in [0.15, 0.2) is 76.3 Å². The van der Waals surface area contributed by atoms with Crippen molar-refractivity contribution in [2.75, 3.05) is 18.6 Å². The van der Waals surface area contributed by atoms with Gasteiger partial charge in [0.25, 0.3) is 17.6 Å². The van der Waals surface area contributed by atoms with Crippen molar-refractivity contribution in [3.05, 3.63) is 92.9 Å². The third-order valence-electron chi connectivity index (χ3n) is 6.07. The number of benzene rings is 3. The molecule has 7 nitrogen and oxygen atoms in total. The maximum absolute atomic E-state index is 13.5. The molecule has 1 atom stereocenters. The number of fused-ring (bicyclic) bond motifs is 1. The van der Waals surface area contributed by atoms with E-state index in [4.69, 9.17) is 16.3 Å². The van der Waals surface area contributed by atoms with Gasteiger partial charge in [-0.1, -0.05) is 39.7 Å². The number of anilines is 1. The number of rotatable bonds is 5. The lowest BCUT2D eigenvalue weighted by Gasteiger charge is -2.24. The fourth-order valence-electron chi connectivity index (χ4n) is 4.28. The number of halogens is 2. The van der Waals surface area contributed by atoms with Gasteiger partial charge in [-0.05, 0) is 65.7 Å². The summed E-state index contributed by atoms with van der Waals surface area (Å²) in [6.07, 6.45) is 0.482. The number of ether oxygens (including phenoxy) is 1. The summed E-state index contributed by atoms with van der Waals surface area (Å²) in [4.78, 5) is 39.9. The van der Waals surface area contributed by atoms with Crippen LogP contribution in [0.4, 0.5) is 5.69 Å². The first-order valence-electron chi connectivity index (χ1n) is 10.8. The zero-order valence-electron chi connectivity index (χ0n) is 18.6. The molecule has 2 heterocycles. The van der Waals surface area contributed by atoms with Crippen molar-refractivity contribution in [2.24, 2.45) is 5.10 Å². The van der Waals surface area contributed by atoms with Crippen LogP contribution in [-0.4, -0.2) is 42.0 Å². The number of carbonyl (C=O) groups is 3. The van der Waals surface area contributed by atoms with Crippen LogP contribution in [0.1, 0.15) is 33.9 Å². The number of amides is 2. The number of hydrogen-bond acceptors (Lipinski definition) is 5. The Bertz CT molecular complexity index is 1370. The predicted molar refractivity (Wildman–Crippen MR) is 136 cm³/mol. The molecule has 35 heavy (non-hydrogen) atoms. The average molecular weight is 553 g/mol. The van der Waals surface area contributed by atoms with Crippen molar-refractivity contribution < 1.29 is 19.1 Å². The maximum atomic E-state index is 13.5. The Balaban J connectivity index is 1.47. The Morgan fingerprint density at radius 1 is 1.09 bits per heavy atom. The zero-order valence-corrected chi connectivity index (χ0v) is 20.9. The first kappa shape index (κ1) is 23.3. The van der Waals surface area contributed by atoms with Gasteiger partial charge in [0.15, 0.2) is 0 Å². The van der Waals surface area contributed by atoms with E-state index in [-0.39, 0.29) is 18.2 Å². The zero-order chi connectivity index (χ0) is 24.7. The topological polar surface area (TPSA) is 79.3 Å². The Kier molecular flexibility index (Phi) is 6.17. The maximum Gasteiger partial charge on any atom is 0.299 e. The van der Waals surface area contributed by atoms with Crippen molar-refractivity contribution in [3.8, 4) is 5.75 Å². The van der Waals surface area contributed by atoms with Crippen LogP contribution in [0.25, 0.3) is 0 Å². The third kappa shape index (κ3) is 4.35. The van der Waals surface area contributed by atoms with Crippen LogP contribution in [0, 0.1) is 0 Å². The van der Waals surface area contributed by atoms with Gasteiger partial charge in [-0.3, -0.25) is 19.3 Å². The van der Waals surface area contributed by atoms with Crippen molar-refractivity contribution in [3.63, 3.8) is 0 Å². The molecule has 3 aromatic carbocycles. The molecule has 0 fully saturated rings. The van der Waals surface area contributed by atoms with Gasteiger partial charge in [-0.25, -0.2) is 5.01 Å². The summed E-state index contributed by atoms with van der Waals surface area (Å²) in [6, 6.07) is 19.3. The monoisotopic (exact) mass is 551 g/mol. The molecule has 0 bridgehead atoms. The number of carbonyl (C=O) groups excluding carboxylic acids is 3. The fourth-order valence-corrected chi connectivity index (χ4v) is 4.77. The summed E-state index contributed by atoms with van der Waals surface area (Å²) in [5, 5.41) is 6.63. The van der Waals surface area contributed by atoms with Gasteiger partial charge < -0.3 is 4.74 Å². The van der Waals surface area contributed by atoms with Gasteiger partial charge >= 0.3 is 0 Å². The molecule has 2 amide bonds. The minimum absolute atomic E-state index is 0.273. The number of hydrogen-bond donors (Lipinski definition) is 0.